The SMILES string of the molecule is O=C(NC1CCCCNC1=O)c1ncccc1Br. The molecule has 96 valence electrons. The van der Waals surface area contributed by atoms with Gasteiger partial charge in [-0.1, -0.05) is 0 Å². The molecule has 1 aromatic heterocycles. The van der Waals surface area contributed by atoms with Crippen molar-refractivity contribution in [1.82, 2.24) is 15.6 Å². The van der Waals surface area contributed by atoms with Crippen LogP contribution in [-0.2, 0) is 4.79 Å². The first-order valence-corrected chi connectivity index (χ1v) is 6.67. The quantitative estimate of drug-likeness (QED) is 0.863. The van der Waals surface area contributed by atoms with Crippen LogP contribution in [0.5, 0.6) is 0 Å². The number of hydrogen-bond donors (Lipinski definition) is 2. The zero-order valence-corrected chi connectivity index (χ0v) is 11.4. The highest BCUT2D eigenvalue weighted by Crippen LogP contribution is 2.14. The van der Waals surface area contributed by atoms with E-state index in [1.54, 1.807) is 18.3 Å². The summed E-state index contributed by atoms with van der Waals surface area (Å²) in [6.45, 7) is 0.679. The van der Waals surface area contributed by atoms with Crippen molar-refractivity contribution in [3.63, 3.8) is 0 Å². The van der Waals surface area contributed by atoms with E-state index < -0.39 is 6.04 Å². The lowest BCUT2D eigenvalue weighted by Crippen LogP contribution is -2.45. The summed E-state index contributed by atoms with van der Waals surface area (Å²) in [5.74, 6) is -0.447. The van der Waals surface area contributed by atoms with Crippen LogP contribution in [0, 0.1) is 0 Å². The molecule has 2 rings (SSSR count). The molecule has 0 saturated carbocycles. The van der Waals surface area contributed by atoms with Gasteiger partial charge in [0.1, 0.15) is 11.7 Å². The number of hydrogen-bond acceptors (Lipinski definition) is 3. The van der Waals surface area contributed by atoms with Gasteiger partial charge in [-0.2, -0.15) is 0 Å². The molecule has 2 N–H and O–H groups in total. The minimum Gasteiger partial charge on any atom is -0.354 e. The van der Waals surface area contributed by atoms with Crippen LogP contribution < -0.4 is 10.6 Å². The van der Waals surface area contributed by atoms with Gasteiger partial charge in [0, 0.05) is 17.2 Å². The highest BCUT2D eigenvalue weighted by molar-refractivity contribution is 9.10. The van der Waals surface area contributed by atoms with Crippen LogP contribution in [0.1, 0.15) is 29.8 Å². The number of nitrogens with zero attached hydrogens (tertiary/aromatic N) is 1. The Bertz CT molecular complexity index is 464. The summed E-state index contributed by atoms with van der Waals surface area (Å²) in [4.78, 5) is 27.7. The molecular formula is C12H14BrN3O2. The van der Waals surface area contributed by atoms with Crippen molar-refractivity contribution in [2.45, 2.75) is 25.3 Å². The maximum atomic E-state index is 12.0. The summed E-state index contributed by atoms with van der Waals surface area (Å²) in [6, 6.07) is 3.02. The molecule has 0 spiro atoms. The standard InChI is InChI=1S/C12H14BrN3O2/c13-8-4-3-7-14-10(8)12(18)16-9-5-1-2-6-15-11(9)17/h3-4,7,9H,1-2,5-6H2,(H,15,17)(H,16,18). The molecule has 1 aromatic rings. The fourth-order valence-corrected chi connectivity index (χ4v) is 2.29. The Balaban J connectivity index is 2.06. The number of carbonyl (C=O) groups is 2. The zero-order valence-electron chi connectivity index (χ0n) is 9.78. The maximum absolute atomic E-state index is 12.0. The molecule has 5 nitrogen and oxygen atoms in total. The molecule has 6 heteroatoms. The lowest BCUT2D eigenvalue weighted by Gasteiger charge is -2.15. The van der Waals surface area contributed by atoms with Crippen molar-refractivity contribution < 1.29 is 9.59 Å². The average molecular weight is 312 g/mol. The van der Waals surface area contributed by atoms with Crippen molar-refractivity contribution in [2.75, 3.05) is 6.54 Å². The molecule has 2 heterocycles. The number of nitrogens with one attached hydrogen (secondary N) is 2. The Morgan fingerprint density at radius 2 is 2.33 bits per heavy atom. The zero-order chi connectivity index (χ0) is 13.0. The van der Waals surface area contributed by atoms with Crippen LogP contribution in [0.4, 0.5) is 0 Å². The number of pyridine rings is 1. The summed E-state index contributed by atoms with van der Waals surface area (Å²) >= 11 is 3.27. The summed E-state index contributed by atoms with van der Waals surface area (Å²) in [5, 5.41) is 5.50. The Kier molecular flexibility index (Phi) is 4.30. The van der Waals surface area contributed by atoms with Crippen molar-refractivity contribution in [3.05, 3.63) is 28.5 Å². The Morgan fingerprint density at radius 1 is 1.50 bits per heavy atom. The van der Waals surface area contributed by atoms with Gasteiger partial charge >= 0.3 is 0 Å². The number of halogens is 1. The Labute approximate surface area is 113 Å². The molecule has 1 unspecified atom stereocenters. The van der Waals surface area contributed by atoms with E-state index in [1.165, 1.54) is 0 Å². The molecule has 0 bridgehead atoms. The van der Waals surface area contributed by atoms with E-state index in [4.69, 9.17) is 0 Å². The highest BCUT2D eigenvalue weighted by Gasteiger charge is 2.23. The minimum atomic E-state index is -0.464. The first-order chi connectivity index (χ1) is 8.68. The summed E-state index contributed by atoms with van der Waals surface area (Å²) in [6.07, 6.45) is 4.09. The monoisotopic (exact) mass is 311 g/mol. The van der Waals surface area contributed by atoms with E-state index in [0.717, 1.165) is 12.8 Å². The third kappa shape index (κ3) is 3.07. The van der Waals surface area contributed by atoms with E-state index in [1.807, 2.05) is 0 Å². The first-order valence-electron chi connectivity index (χ1n) is 5.87. The second-order valence-corrected chi connectivity index (χ2v) is 5.00. The van der Waals surface area contributed by atoms with Gasteiger partial charge in [0.05, 0.1) is 0 Å². The predicted octanol–water partition coefficient (Wildman–Crippen LogP) is 1.24. The topological polar surface area (TPSA) is 71.1 Å². The van der Waals surface area contributed by atoms with Crippen LogP contribution in [0.15, 0.2) is 22.8 Å². The van der Waals surface area contributed by atoms with Crippen molar-refractivity contribution in [2.24, 2.45) is 0 Å². The maximum Gasteiger partial charge on any atom is 0.271 e. The van der Waals surface area contributed by atoms with Crippen LogP contribution in [0.2, 0.25) is 0 Å². The first kappa shape index (κ1) is 13.0. The van der Waals surface area contributed by atoms with Crippen LogP contribution in [-0.4, -0.2) is 29.4 Å². The van der Waals surface area contributed by atoms with E-state index >= 15 is 0 Å². The van der Waals surface area contributed by atoms with Gasteiger partial charge in [0.15, 0.2) is 0 Å². The smallest absolute Gasteiger partial charge is 0.271 e. The molecular weight excluding hydrogens is 298 g/mol. The van der Waals surface area contributed by atoms with Gasteiger partial charge in [0.2, 0.25) is 5.91 Å². The third-order valence-electron chi connectivity index (χ3n) is 2.81. The van der Waals surface area contributed by atoms with E-state index in [0.29, 0.717) is 23.1 Å². The van der Waals surface area contributed by atoms with Crippen molar-refractivity contribution in [1.29, 1.82) is 0 Å². The number of rotatable bonds is 2. The molecule has 0 radical (unpaired) electrons. The van der Waals surface area contributed by atoms with E-state index in [2.05, 4.69) is 31.5 Å². The summed E-state index contributed by atoms with van der Waals surface area (Å²) < 4.78 is 0.622. The van der Waals surface area contributed by atoms with E-state index in [9.17, 15) is 9.59 Å². The average Bonchev–Trinajstić information content (AvgIpc) is 2.55. The molecule has 1 fully saturated rings. The molecule has 1 saturated heterocycles. The molecule has 1 atom stereocenters. The van der Waals surface area contributed by atoms with Crippen molar-refractivity contribution in [3.8, 4) is 0 Å². The van der Waals surface area contributed by atoms with Crippen molar-refractivity contribution >= 4 is 27.7 Å². The Morgan fingerprint density at radius 3 is 3.11 bits per heavy atom. The van der Waals surface area contributed by atoms with Gasteiger partial charge < -0.3 is 10.6 Å². The fourth-order valence-electron chi connectivity index (χ4n) is 1.86. The normalized spacial score (nSPS) is 19.8. The second kappa shape index (κ2) is 5.95. The molecule has 18 heavy (non-hydrogen) atoms. The van der Waals surface area contributed by atoms with Crippen LogP contribution >= 0.6 is 15.9 Å². The lowest BCUT2D eigenvalue weighted by atomic mass is 10.1. The van der Waals surface area contributed by atoms with Gasteiger partial charge in [-0.05, 0) is 47.3 Å². The molecule has 2 amide bonds. The minimum absolute atomic E-state index is 0.118. The molecule has 1 aliphatic heterocycles. The number of amides is 2. The highest BCUT2D eigenvalue weighted by atomic mass is 79.9. The van der Waals surface area contributed by atoms with Gasteiger partial charge in [0.25, 0.3) is 5.91 Å². The second-order valence-electron chi connectivity index (χ2n) is 4.15. The van der Waals surface area contributed by atoms with Gasteiger partial charge in [-0.15, -0.1) is 0 Å². The number of carbonyl (C=O) groups excluding carboxylic acids is 2. The third-order valence-corrected chi connectivity index (χ3v) is 3.45. The van der Waals surface area contributed by atoms with Gasteiger partial charge in [-0.25, -0.2) is 4.98 Å². The Hall–Kier alpha value is -1.43. The molecule has 1 aliphatic rings. The van der Waals surface area contributed by atoms with Gasteiger partial charge in [-0.3, -0.25) is 9.59 Å². The van der Waals surface area contributed by atoms with Crippen LogP contribution in [0.25, 0.3) is 0 Å². The van der Waals surface area contributed by atoms with Crippen LogP contribution in [0.3, 0.4) is 0 Å². The van der Waals surface area contributed by atoms with E-state index in [-0.39, 0.29) is 11.8 Å². The largest absolute Gasteiger partial charge is 0.354 e. The summed E-state index contributed by atoms with van der Waals surface area (Å²) in [7, 11) is 0. The summed E-state index contributed by atoms with van der Waals surface area (Å²) in [5.41, 5.74) is 0.301. The lowest BCUT2D eigenvalue weighted by molar-refractivity contribution is -0.122. The molecule has 0 aliphatic carbocycles. The number of aromatic nitrogens is 1. The molecule has 0 aromatic carbocycles. The fraction of sp³-hybridized carbons (Fsp3) is 0.417. The predicted molar refractivity (Wildman–Crippen MR) is 70.1 cm³/mol.